The van der Waals surface area contributed by atoms with Gasteiger partial charge in [0.15, 0.2) is 0 Å². The van der Waals surface area contributed by atoms with Crippen molar-refractivity contribution in [3.63, 3.8) is 0 Å². The van der Waals surface area contributed by atoms with Gasteiger partial charge >= 0.3 is 0 Å². The predicted molar refractivity (Wildman–Crippen MR) is 80.7 cm³/mol. The average Bonchev–Trinajstić information content (AvgIpc) is 2.84. The number of aromatic nitrogens is 2. The van der Waals surface area contributed by atoms with Crippen LogP contribution in [0.1, 0.15) is 31.5 Å². The zero-order valence-electron chi connectivity index (χ0n) is 12.1. The van der Waals surface area contributed by atoms with Gasteiger partial charge in [-0.3, -0.25) is 0 Å². The third-order valence-corrected chi connectivity index (χ3v) is 4.12. The van der Waals surface area contributed by atoms with E-state index in [0.717, 1.165) is 24.3 Å². The van der Waals surface area contributed by atoms with Crippen LogP contribution in [-0.4, -0.2) is 29.2 Å². The van der Waals surface area contributed by atoms with E-state index in [2.05, 4.69) is 33.1 Å². The number of nitrogens with zero attached hydrogens (tertiary/aromatic N) is 2. The molecule has 1 N–H and O–H groups in total. The number of hydrogen-bond donors (Lipinski definition) is 1. The molecular weight excluding hydrogens is 250 g/mol. The molecule has 108 valence electrons. The van der Waals surface area contributed by atoms with Gasteiger partial charge in [0, 0.05) is 19.7 Å². The SMILES string of the molecule is COCc1nc2ccccc2n1CCC1CCCCN1. The minimum absolute atomic E-state index is 0.576. The van der Waals surface area contributed by atoms with Crippen molar-refractivity contribution in [2.24, 2.45) is 0 Å². The summed E-state index contributed by atoms with van der Waals surface area (Å²) in [5.74, 6) is 1.03. The van der Waals surface area contributed by atoms with E-state index in [1.54, 1.807) is 7.11 Å². The number of benzene rings is 1. The molecule has 1 aromatic carbocycles. The van der Waals surface area contributed by atoms with Crippen LogP contribution in [0, 0.1) is 0 Å². The molecular formula is C16H23N3O. The molecule has 0 radical (unpaired) electrons. The second kappa shape index (κ2) is 6.37. The van der Waals surface area contributed by atoms with Crippen molar-refractivity contribution in [3.8, 4) is 0 Å². The van der Waals surface area contributed by atoms with E-state index in [1.807, 2.05) is 6.07 Å². The summed E-state index contributed by atoms with van der Waals surface area (Å²) in [6, 6.07) is 8.99. The molecule has 0 amide bonds. The molecule has 3 rings (SSSR count). The lowest BCUT2D eigenvalue weighted by atomic mass is 10.0. The Balaban J connectivity index is 1.79. The minimum atomic E-state index is 0.576. The number of imidazole rings is 1. The van der Waals surface area contributed by atoms with Gasteiger partial charge in [-0.1, -0.05) is 18.6 Å². The van der Waals surface area contributed by atoms with E-state index >= 15 is 0 Å². The fourth-order valence-electron chi connectivity index (χ4n) is 3.07. The molecule has 1 saturated heterocycles. The van der Waals surface area contributed by atoms with Gasteiger partial charge in [0.25, 0.3) is 0 Å². The smallest absolute Gasteiger partial charge is 0.135 e. The molecule has 1 atom stereocenters. The van der Waals surface area contributed by atoms with Crippen LogP contribution in [0.2, 0.25) is 0 Å². The first-order chi connectivity index (χ1) is 9.88. The number of piperidine rings is 1. The van der Waals surface area contributed by atoms with Crippen LogP contribution in [0.25, 0.3) is 11.0 Å². The second-order valence-electron chi connectivity index (χ2n) is 5.54. The molecule has 1 aromatic heterocycles. The van der Waals surface area contributed by atoms with E-state index in [4.69, 9.17) is 4.74 Å². The van der Waals surface area contributed by atoms with Crippen molar-refractivity contribution in [2.45, 2.75) is 44.9 Å². The average molecular weight is 273 g/mol. The van der Waals surface area contributed by atoms with Crippen molar-refractivity contribution in [2.75, 3.05) is 13.7 Å². The Labute approximate surface area is 120 Å². The molecule has 0 saturated carbocycles. The normalized spacial score (nSPS) is 19.6. The molecule has 2 aromatic rings. The summed E-state index contributed by atoms with van der Waals surface area (Å²) in [7, 11) is 1.73. The van der Waals surface area contributed by atoms with Crippen LogP contribution in [0.4, 0.5) is 0 Å². The zero-order valence-corrected chi connectivity index (χ0v) is 12.1. The summed E-state index contributed by atoms with van der Waals surface area (Å²) >= 11 is 0. The Hall–Kier alpha value is -1.39. The van der Waals surface area contributed by atoms with Gasteiger partial charge in [0.1, 0.15) is 12.4 Å². The first-order valence-corrected chi connectivity index (χ1v) is 7.55. The van der Waals surface area contributed by atoms with Crippen LogP contribution >= 0.6 is 0 Å². The highest BCUT2D eigenvalue weighted by Crippen LogP contribution is 2.19. The maximum absolute atomic E-state index is 5.29. The van der Waals surface area contributed by atoms with E-state index in [9.17, 15) is 0 Å². The molecule has 0 aliphatic carbocycles. The number of methoxy groups -OCH3 is 1. The van der Waals surface area contributed by atoms with Gasteiger partial charge in [0.2, 0.25) is 0 Å². The monoisotopic (exact) mass is 273 g/mol. The number of rotatable bonds is 5. The maximum atomic E-state index is 5.29. The fourth-order valence-corrected chi connectivity index (χ4v) is 3.07. The molecule has 0 spiro atoms. The summed E-state index contributed by atoms with van der Waals surface area (Å²) in [6.45, 7) is 2.75. The number of para-hydroxylation sites is 2. The van der Waals surface area contributed by atoms with Gasteiger partial charge in [-0.25, -0.2) is 4.98 Å². The Bertz CT molecular complexity index is 558. The summed E-state index contributed by atoms with van der Waals surface area (Å²) in [5, 5.41) is 3.62. The maximum Gasteiger partial charge on any atom is 0.135 e. The largest absolute Gasteiger partial charge is 0.377 e. The fraction of sp³-hybridized carbons (Fsp3) is 0.562. The van der Waals surface area contributed by atoms with Crippen LogP contribution in [0.15, 0.2) is 24.3 Å². The highest BCUT2D eigenvalue weighted by Gasteiger charge is 2.15. The van der Waals surface area contributed by atoms with E-state index < -0.39 is 0 Å². The third kappa shape index (κ3) is 2.86. The molecule has 2 heterocycles. The Morgan fingerprint density at radius 1 is 1.35 bits per heavy atom. The second-order valence-corrected chi connectivity index (χ2v) is 5.54. The van der Waals surface area contributed by atoms with Gasteiger partial charge in [-0.05, 0) is 37.9 Å². The van der Waals surface area contributed by atoms with Gasteiger partial charge in [0.05, 0.1) is 11.0 Å². The van der Waals surface area contributed by atoms with Crippen molar-refractivity contribution < 1.29 is 4.74 Å². The van der Waals surface area contributed by atoms with Gasteiger partial charge < -0.3 is 14.6 Å². The third-order valence-electron chi connectivity index (χ3n) is 4.12. The lowest BCUT2D eigenvalue weighted by Crippen LogP contribution is -2.34. The highest BCUT2D eigenvalue weighted by atomic mass is 16.5. The summed E-state index contributed by atoms with van der Waals surface area (Å²) < 4.78 is 7.61. The van der Waals surface area contributed by atoms with E-state index in [-0.39, 0.29) is 0 Å². The standard InChI is InChI=1S/C16H23N3O/c1-20-12-16-18-14-7-2-3-8-15(14)19(16)11-9-13-6-4-5-10-17-13/h2-3,7-8,13,17H,4-6,9-12H2,1H3. The lowest BCUT2D eigenvalue weighted by molar-refractivity contribution is 0.174. The molecule has 1 aliphatic heterocycles. The summed E-state index contributed by atoms with van der Waals surface area (Å²) in [5.41, 5.74) is 2.28. The van der Waals surface area contributed by atoms with Crippen molar-refractivity contribution in [1.82, 2.24) is 14.9 Å². The lowest BCUT2D eigenvalue weighted by Gasteiger charge is -2.24. The molecule has 4 heteroatoms. The Morgan fingerprint density at radius 3 is 3.05 bits per heavy atom. The Kier molecular flexibility index (Phi) is 4.33. The van der Waals surface area contributed by atoms with Crippen molar-refractivity contribution in [1.29, 1.82) is 0 Å². The van der Waals surface area contributed by atoms with Crippen molar-refractivity contribution in [3.05, 3.63) is 30.1 Å². The van der Waals surface area contributed by atoms with E-state index in [1.165, 1.54) is 31.3 Å². The number of ether oxygens (including phenoxy) is 1. The van der Waals surface area contributed by atoms with Crippen LogP contribution in [-0.2, 0) is 17.9 Å². The van der Waals surface area contributed by atoms with E-state index in [0.29, 0.717) is 12.6 Å². The number of aryl methyl sites for hydroxylation is 1. The molecule has 1 fully saturated rings. The first-order valence-electron chi connectivity index (χ1n) is 7.55. The number of hydrogen-bond acceptors (Lipinski definition) is 3. The Morgan fingerprint density at radius 2 is 2.25 bits per heavy atom. The molecule has 4 nitrogen and oxygen atoms in total. The first kappa shape index (κ1) is 13.6. The quantitative estimate of drug-likeness (QED) is 0.910. The zero-order chi connectivity index (χ0) is 13.8. The molecule has 20 heavy (non-hydrogen) atoms. The van der Waals surface area contributed by atoms with Gasteiger partial charge in [-0.2, -0.15) is 0 Å². The topological polar surface area (TPSA) is 39.1 Å². The molecule has 1 unspecified atom stereocenters. The van der Waals surface area contributed by atoms with Crippen molar-refractivity contribution >= 4 is 11.0 Å². The number of nitrogens with one attached hydrogen (secondary N) is 1. The number of fused-ring (bicyclic) bond motifs is 1. The molecule has 1 aliphatic rings. The van der Waals surface area contributed by atoms with Gasteiger partial charge in [-0.15, -0.1) is 0 Å². The van der Waals surface area contributed by atoms with Crippen LogP contribution in [0.3, 0.4) is 0 Å². The molecule has 0 bridgehead atoms. The summed E-state index contributed by atoms with van der Waals surface area (Å²) in [6.07, 6.45) is 5.13. The predicted octanol–water partition coefficient (Wildman–Crippen LogP) is 2.71. The summed E-state index contributed by atoms with van der Waals surface area (Å²) in [4.78, 5) is 4.68. The van der Waals surface area contributed by atoms with Crippen LogP contribution in [0.5, 0.6) is 0 Å². The highest BCUT2D eigenvalue weighted by molar-refractivity contribution is 5.75. The van der Waals surface area contributed by atoms with Crippen LogP contribution < -0.4 is 5.32 Å². The minimum Gasteiger partial charge on any atom is -0.377 e.